The molecule has 3 aromatic rings. The molecule has 3 rings (SSSR count). The zero-order chi connectivity index (χ0) is 16.9. The average molecular weight is 323 g/mol. The van der Waals surface area contributed by atoms with Crippen molar-refractivity contribution in [1.82, 2.24) is 4.98 Å². The molecule has 0 aliphatic carbocycles. The van der Waals surface area contributed by atoms with Gasteiger partial charge < -0.3 is 13.9 Å². The van der Waals surface area contributed by atoms with E-state index in [4.69, 9.17) is 13.9 Å². The quantitative estimate of drug-likeness (QED) is 0.659. The lowest BCUT2D eigenvalue weighted by Gasteiger charge is -2.03. The van der Waals surface area contributed by atoms with Gasteiger partial charge in [-0.1, -0.05) is 42.5 Å². The number of carbonyl (C=O) groups excluding carboxylic acids is 1. The summed E-state index contributed by atoms with van der Waals surface area (Å²) >= 11 is 0. The van der Waals surface area contributed by atoms with Crippen LogP contribution in [0.4, 0.5) is 0 Å². The first-order chi connectivity index (χ1) is 11.7. The maximum Gasteiger partial charge on any atom is 0.361 e. The molecule has 0 atom stereocenters. The van der Waals surface area contributed by atoms with E-state index in [1.807, 2.05) is 54.6 Å². The number of oxazole rings is 1. The molecule has 0 radical (unpaired) electrons. The summed E-state index contributed by atoms with van der Waals surface area (Å²) in [6.07, 6.45) is 0. The summed E-state index contributed by atoms with van der Waals surface area (Å²) in [6.45, 7) is 2.02. The van der Waals surface area contributed by atoms with E-state index >= 15 is 0 Å². The molecule has 0 saturated carbocycles. The van der Waals surface area contributed by atoms with Crippen LogP contribution in [0.3, 0.4) is 0 Å². The van der Waals surface area contributed by atoms with Crippen LogP contribution < -0.4 is 4.74 Å². The highest BCUT2D eigenvalue weighted by molar-refractivity contribution is 5.94. The van der Waals surface area contributed by atoms with Gasteiger partial charge in [0.15, 0.2) is 11.5 Å². The highest BCUT2D eigenvalue weighted by Crippen LogP contribution is 2.34. The summed E-state index contributed by atoms with van der Waals surface area (Å²) in [6, 6.07) is 16.7. The minimum Gasteiger partial charge on any atom is -0.496 e. The van der Waals surface area contributed by atoms with Crippen LogP contribution in [0.15, 0.2) is 59.0 Å². The third-order valence-electron chi connectivity index (χ3n) is 3.47. The molecule has 1 heterocycles. The standard InChI is InChI=1S/C19H17NO4/c1-3-23-19(21)16-17(13-9-5-4-6-10-13)24-18(20-16)14-11-7-8-12-15(14)22-2/h4-12H,3H2,1-2H3. The van der Waals surface area contributed by atoms with Crippen molar-refractivity contribution in [3.8, 4) is 28.5 Å². The van der Waals surface area contributed by atoms with Gasteiger partial charge in [-0.15, -0.1) is 0 Å². The Morgan fingerprint density at radius 2 is 1.79 bits per heavy atom. The molecule has 24 heavy (non-hydrogen) atoms. The number of methoxy groups -OCH3 is 1. The second kappa shape index (κ2) is 7.00. The first-order valence-corrected chi connectivity index (χ1v) is 7.61. The lowest BCUT2D eigenvalue weighted by molar-refractivity contribution is 0.0520. The Morgan fingerprint density at radius 1 is 1.08 bits per heavy atom. The molecule has 0 fully saturated rings. The minimum atomic E-state index is -0.513. The summed E-state index contributed by atoms with van der Waals surface area (Å²) in [5.41, 5.74) is 1.59. The van der Waals surface area contributed by atoms with Crippen LogP contribution in [-0.4, -0.2) is 24.7 Å². The fraction of sp³-hybridized carbons (Fsp3) is 0.158. The first-order valence-electron chi connectivity index (χ1n) is 7.61. The SMILES string of the molecule is CCOC(=O)c1nc(-c2ccccc2OC)oc1-c1ccccc1. The van der Waals surface area contributed by atoms with E-state index < -0.39 is 5.97 Å². The summed E-state index contributed by atoms with van der Waals surface area (Å²) in [7, 11) is 1.58. The van der Waals surface area contributed by atoms with Gasteiger partial charge in [0.2, 0.25) is 5.89 Å². The van der Waals surface area contributed by atoms with E-state index in [0.717, 1.165) is 5.56 Å². The number of benzene rings is 2. The van der Waals surface area contributed by atoms with Gasteiger partial charge in [0.05, 0.1) is 19.3 Å². The third-order valence-corrected chi connectivity index (χ3v) is 3.47. The molecule has 0 N–H and O–H groups in total. The Bertz CT molecular complexity index is 840. The lowest BCUT2D eigenvalue weighted by Crippen LogP contribution is -2.06. The Hall–Kier alpha value is -3.08. The summed E-state index contributed by atoms with van der Waals surface area (Å²) in [5.74, 6) is 0.805. The normalized spacial score (nSPS) is 10.4. The minimum absolute atomic E-state index is 0.156. The zero-order valence-electron chi connectivity index (χ0n) is 13.5. The Morgan fingerprint density at radius 3 is 2.50 bits per heavy atom. The van der Waals surface area contributed by atoms with Gasteiger partial charge >= 0.3 is 5.97 Å². The van der Waals surface area contributed by atoms with Gasteiger partial charge in [-0.2, -0.15) is 0 Å². The van der Waals surface area contributed by atoms with Crippen molar-refractivity contribution >= 4 is 5.97 Å². The predicted molar refractivity (Wildman–Crippen MR) is 89.9 cm³/mol. The van der Waals surface area contributed by atoms with Crippen LogP contribution in [0.25, 0.3) is 22.8 Å². The highest BCUT2D eigenvalue weighted by atomic mass is 16.5. The maximum absolute atomic E-state index is 12.3. The van der Waals surface area contributed by atoms with Crippen molar-refractivity contribution in [2.75, 3.05) is 13.7 Å². The van der Waals surface area contributed by atoms with E-state index in [1.54, 1.807) is 14.0 Å². The van der Waals surface area contributed by atoms with Crippen LogP contribution >= 0.6 is 0 Å². The van der Waals surface area contributed by atoms with E-state index in [-0.39, 0.29) is 12.3 Å². The Balaban J connectivity index is 2.15. The number of para-hydroxylation sites is 1. The number of nitrogens with zero attached hydrogens (tertiary/aromatic N) is 1. The van der Waals surface area contributed by atoms with Crippen LogP contribution in [0.1, 0.15) is 17.4 Å². The van der Waals surface area contributed by atoms with Gasteiger partial charge in [0, 0.05) is 5.56 Å². The number of rotatable bonds is 5. The van der Waals surface area contributed by atoms with Crippen molar-refractivity contribution < 1.29 is 18.7 Å². The van der Waals surface area contributed by atoms with Crippen molar-refractivity contribution in [2.45, 2.75) is 6.92 Å². The second-order valence-corrected chi connectivity index (χ2v) is 4.98. The summed E-state index contributed by atoms with van der Waals surface area (Å²) in [5, 5.41) is 0. The Kier molecular flexibility index (Phi) is 4.61. The van der Waals surface area contributed by atoms with Crippen molar-refractivity contribution in [3.05, 3.63) is 60.3 Å². The fourth-order valence-corrected chi connectivity index (χ4v) is 2.38. The van der Waals surface area contributed by atoms with Crippen molar-refractivity contribution in [1.29, 1.82) is 0 Å². The molecule has 0 saturated heterocycles. The fourth-order valence-electron chi connectivity index (χ4n) is 2.38. The predicted octanol–water partition coefficient (Wildman–Crippen LogP) is 4.19. The molecule has 0 aliphatic heterocycles. The number of hydrogen-bond acceptors (Lipinski definition) is 5. The molecule has 5 nitrogen and oxygen atoms in total. The number of carbonyl (C=O) groups is 1. The molecule has 0 unspecified atom stereocenters. The zero-order valence-corrected chi connectivity index (χ0v) is 13.5. The molecule has 1 aromatic heterocycles. The van der Waals surface area contributed by atoms with E-state index in [2.05, 4.69) is 4.98 Å². The Labute approximate surface area is 139 Å². The lowest BCUT2D eigenvalue weighted by atomic mass is 10.1. The molecule has 2 aromatic carbocycles. The van der Waals surface area contributed by atoms with E-state index in [9.17, 15) is 4.79 Å². The van der Waals surface area contributed by atoms with E-state index in [1.165, 1.54) is 0 Å². The van der Waals surface area contributed by atoms with Gasteiger partial charge in [0.25, 0.3) is 0 Å². The summed E-state index contributed by atoms with van der Waals surface area (Å²) < 4.78 is 16.4. The van der Waals surface area contributed by atoms with Gasteiger partial charge in [0.1, 0.15) is 5.75 Å². The van der Waals surface area contributed by atoms with Crippen LogP contribution in [0.5, 0.6) is 5.75 Å². The molecular weight excluding hydrogens is 306 g/mol. The van der Waals surface area contributed by atoms with Crippen molar-refractivity contribution in [2.24, 2.45) is 0 Å². The average Bonchev–Trinajstić information content (AvgIpc) is 3.08. The molecular formula is C19H17NO4. The number of esters is 1. The van der Waals surface area contributed by atoms with Crippen LogP contribution in [0.2, 0.25) is 0 Å². The van der Waals surface area contributed by atoms with Crippen LogP contribution in [0, 0.1) is 0 Å². The largest absolute Gasteiger partial charge is 0.496 e. The molecule has 0 amide bonds. The molecule has 5 heteroatoms. The number of ether oxygens (including phenoxy) is 2. The topological polar surface area (TPSA) is 61.6 Å². The molecule has 0 aliphatic rings. The number of hydrogen-bond donors (Lipinski definition) is 0. The van der Waals surface area contributed by atoms with Crippen LogP contribution in [-0.2, 0) is 4.74 Å². The maximum atomic E-state index is 12.3. The summed E-state index contributed by atoms with van der Waals surface area (Å²) in [4.78, 5) is 16.6. The van der Waals surface area contributed by atoms with Gasteiger partial charge in [-0.3, -0.25) is 0 Å². The molecule has 0 spiro atoms. The highest BCUT2D eigenvalue weighted by Gasteiger charge is 2.24. The number of aromatic nitrogens is 1. The second-order valence-electron chi connectivity index (χ2n) is 4.98. The first kappa shape index (κ1) is 15.8. The smallest absolute Gasteiger partial charge is 0.361 e. The van der Waals surface area contributed by atoms with Crippen molar-refractivity contribution in [3.63, 3.8) is 0 Å². The van der Waals surface area contributed by atoms with Gasteiger partial charge in [-0.25, -0.2) is 9.78 Å². The van der Waals surface area contributed by atoms with Gasteiger partial charge in [-0.05, 0) is 19.1 Å². The monoisotopic (exact) mass is 323 g/mol. The third kappa shape index (κ3) is 3.01. The molecule has 122 valence electrons. The van der Waals surface area contributed by atoms with E-state index in [0.29, 0.717) is 23.0 Å². The molecule has 0 bridgehead atoms.